The SMILES string of the molecule is CCN(CC)S(=O)(=O)c1ccc(Cl)c(NS(=O)(=O)c2ccc(C)c(C)c2)c1. The third-order valence-corrected chi connectivity index (χ3v) is 8.05. The molecule has 0 bridgehead atoms. The van der Waals surface area contributed by atoms with E-state index in [2.05, 4.69) is 4.72 Å². The Kier molecular flexibility index (Phi) is 6.57. The van der Waals surface area contributed by atoms with Gasteiger partial charge in [-0.15, -0.1) is 0 Å². The van der Waals surface area contributed by atoms with Crippen molar-refractivity contribution in [1.82, 2.24) is 4.31 Å². The van der Waals surface area contributed by atoms with Crippen molar-refractivity contribution >= 4 is 37.3 Å². The Balaban J connectivity index is 2.46. The smallest absolute Gasteiger partial charge is 0.261 e. The zero-order chi connectivity index (χ0) is 20.4. The van der Waals surface area contributed by atoms with Gasteiger partial charge in [0, 0.05) is 13.1 Å². The molecule has 0 unspecified atom stereocenters. The average molecular weight is 431 g/mol. The van der Waals surface area contributed by atoms with Crippen molar-refractivity contribution in [1.29, 1.82) is 0 Å². The zero-order valence-electron chi connectivity index (χ0n) is 15.7. The van der Waals surface area contributed by atoms with Gasteiger partial charge in [-0.25, -0.2) is 16.8 Å². The van der Waals surface area contributed by atoms with Gasteiger partial charge in [0.05, 0.1) is 20.5 Å². The Hall–Kier alpha value is -1.61. The first kappa shape index (κ1) is 21.7. The summed E-state index contributed by atoms with van der Waals surface area (Å²) in [6, 6.07) is 8.75. The number of anilines is 1. The first-order valence-electron chi connectivity index (χ1n) is 8.42. The summed E-state index contributed by atoms with van der Waals surface area (Å²) in [4.78, 5) is 0.0621. The van der Waals surface area contributed by atoms with Crippen LogP contribution in [0.15, 0.2) is 46.2 Å². The lowest BCUT2D eigenvalue weighted by atomic mass is 10.1. The van der Waals surface area contributed by atoms with E-state index < -0.39 is 20.0 Å². The van der Waals surface area contributed by atoms with E-state index in [0.717, 1.165) is 11.1 Å². The fourth-order valence-corrected chi connectivity index (χ4v) is 5.40. The van der Waals surface area contributed by atoms with Crippen molar-refractivity contribution in [3.05, 3.63) is 52.5 Å². The third-order valence-electron chi connectivity index (χ3n) is 4.31. The molecule has 0 spiro atoms. The molecule has 0 saturated carbocycles. The average Bonchev–Trinajstić information content (AvgIpc) is 2.59. The summed E-state index contributed by atoms with van der Waals surface area (Å²) in [5, 5.41) is 0.112. The van der Waals surface area contributed by atoms with Crippen LogP contribution in [0.25, 0.3) is 0 Å². The fourth-order valence-electron chi connectivity index (χ4n) is 2.54. The Bertz CT molecular complexity index is 1050. The molecule has 2 aromatic carbocycles. The molecule has 2 rings (SSSR count). The largest absolute Gasteiger partial charge is 0.278 e. The van der Waals surface area contributed by atoms with Crippen LogP contribution in [-0.4, -0.2) is 34.2 Å². The molecule has 0 fully saturated rings. The first-order chi connectivity index (χ1) is 12.5. The zero-order valence-corrected chi connectivity index (χ0v) is 18.0. The standard InChI is InChI=1S/C18H23ClN2O4S2/c1-5-21(6-2)27(24,25)16-9-10-17(19)18(12-16)20-26(22,23)15-8-7-13(3)14(4)11-15/h7-12,20H,5-6H2,1-4H3. The van der Waals surface area contributed by atoms with Gasteiger partial charge < -0.3 is 0 Å². The first-order valence-corrected chi connectivity index (χ1v) is 11.7. The van der Waals surface area contributed by atoms with Crippen molar-refractivity contribution in [2.75, 3.05) is 17.8 Å². The summed E-state index contributed by atoms with van der Waals surface area (Å²) >= 11 is 6.11. The van der Waals surface area contributed by atoms with Gasteiger partial charge in [0.25, 0.3) is 10.0 Å². The van der Waals surface area contributed by atoms with E-state index in [1.807, 2.05) is 13.8 Å². The molecule has 0 aromatic heterocycles. The quantitative estimate of drug-likeness (QED) is 0.724. The highest BCUT2D eigenvalue weighted by Gasteiger charge is 2.24. The summed E-state index contributed by atoms with van der Waals surface area (Å²) in [6.45, 7) is 7.80. The number of aryl methyl sites for hydroxylation is 2. The van der Waals surface area contributed by atoms with Crippen LogP contribution in [0.5, 0.6) is 0 Å². The van der Waals surface area contributed by atoms with Gasteiger partial charge in [-0.3, -0.25) is 4.72 Å². The molecule has 0 atom stereocenters. The molecule has 0 saturated heterocycles. The summed E-state index contributed by atoms with van der Waals surface area (Å²) < 4.78 is 54.4. The van der Waals surface area contributed by atoms with E-state index in [1.165, 1.54) is 28.6 Å². The van der Waals surface area contributed by atoms with Crippen LogP contribution in [0.2, 0.25) is 5.02 Å². The molecule has 2 aromatic rings. The number of sulfonamides is 2. The number of nitrogens with one attached hydrogen (secondary N) is 1. The maximum atomic E-state index is 12.7. The number of hydrogen-bond donors (Lipinski definition) is 1. The van der Waals surface area contributed by atoms with Crippen LogP contribution >= 0.6 is 11.6 Å². The summed E-state index contributed by atoms with van der Waals surface area (Å²) in [5.41, 5.74) is 1.82. The van der Waals surface area contributed by atoms with Crippen LogP contribution in [0.4, 0.5) is 5.69 Å². The summed E-state index contributed by atoms with van der Waals surface area (Å²) in [5.74, 6) is 0. The highest BCUT2D eigenvalue weighted by Crippen LogP contribution is 2.29. The van der Waals surface area contributed by atoms with Crippen molar-refractivity contribution in [3.63, 3.8) is 0 Å². The fraction of sp³-hybridized carbons (Fsp3) is 0.333. The third kappa shape index (κ3) is 4.63. The molecule has 0 amide bonds. The Labute approximate surface area is 166 Å². The van der Waals surface area contributed by atoms with Gasteiger partial charge in [0.1, 0.15) is 0 Å². The minimum absolute atomic E-state index is 0.0168. The lowest BCUT2D eigenvalue weighted by Crippen LogP contribution is -2.30. The molecule has 0 aliphatic carbocycles. The van der Waals surface area contributed by atoms with Crippen LogP contribution in [0.3, 0.4) is 0 Å². The molecular weight excluding hydrogens is 408 g/mol. The topological polar surface area (TPSA) is 83.6 Å². The van der Waals surface area contributed by atoms with Crippen LogP contribution in [0.1, 0.15) is 25.0 Å². The van der Waals surface area contributed by atoms with Crippen molar-refractivity contribution in [2.45, 2.75) is 37.5 Å². The number of nitrogens with zero attached hydrogens (tertiary/aromatic N) is 1. The number of hydrogen-bond acceptors (Lipinski definition) is 4. The monoisotopic (exact) mass is 430 g/mol. The van der Waals surface area contributed by atoms with E-state index >= 15 is 0 Å². The van der Waals surface area contributed by atoms with Crippen molar-refractivity contribution < 1.29 is 16.8 Å². The summed E-state index contributed by atoms with van der Waals surface area (Å²) in [6.07, 6.45) is 0. The second kappa shape index (κ2) is 8.18. The molecule has 0 radical (unpaired) electrons. The van der Waals surface area contributed by atoms with E-state index in [4.69, 9.17) is 11.6 Å². The van der Waals surface area contributed by atoms with Gasteiger partial charge in [-0.05, 0) is 55.3 Å². The normalized spacial score (nSPS) is 12.4. The number of halogens is 1. The molecule has 0 aliphatic heterocycles. The number of rotatable bonds is 7. The van der Waals surface area contributed by atoms with E-state index in [-0.39, 0.29) is 20.5 Å². The molecule has 1 N–H and O–H groups in total. The molecule has 148 valence electrons. The molecule has 0 aliphatic rings. The minimum atomic E-state index is -3.91. The van der Waals surface area contributed by atoms with Gasteiger partial charge >= 0.3 is 0 Å². The molecule has 0 heterocycles. The van der Waals surface area contributed by atoms with E-state index in [0.29, 0.717) is 13.1 Å². The molecule has 6 nitrogen and oxygen atoms in total. The molecule has 27 heavy (non-hydrogen) atoms. The van der Waals surface area contributed by atoms with Gasteiger partial charge in [0.15, 0.2) is 0 Å². The number of benzene rings is 2. The lowest BCUT2D eigenvalue weighted by molar-refractivity contribution is 0.445. The predicted molar refractivity (Wildman–Crippen MR) is 108 cm³/mol. The summed E-state index contributed by atoms with van der Waals surface area (Å²) in [7, 11) is -7.64. The van der Waals surface area contributed by atoms with Crippen molar-refractivity contribution in [2.24, 2.45) is 0 Å². The lowest BCUT2D eigenvalue weighted by Gasteiger charge is -2.19. The van der Waals surface area contributed by atoms with E-state index in [9.17, 15) is 16.8 Å². The van der Waals surface area contributed by atoms with Crippen molar-refractivity contribution in [3.8, 4) is 0 Å². The highest BCUT2D eigenvalue weighted by molar-refractivity contribution is 7.92. The maximum absolute atomic E-state index is 12.7. The highest BCUT2D eigenvalue weighted by atomic mass is 35.5. The Morgan fingerprint density at radius 3 is 2.04 bits per heavy atom. The van der Waals surface area contributed by atoms with Gasteiger partial charge in [-0.1, -0.05) is 31.5 Å². The van der Waals surface area contributed by atoms with Crippen LogP contribution in [-0.2, 0) is 20.0 Å². The predicted octanol–water partition coefficient (Wildman–Crippen LogP) is 3.79. The second-order valence-electron chi connectivity index (χ2n) is 6.08. The van der Waals surface area contributed by atoms with Crippen LogP contribution < -0.4 is 4.72 Å². The van der Waals surface area contributed by atoms with Gasteiger partial charge in [0.2, 0.25) is 10.0 Å². The van der Waals surface area contributed by atoms with Gasteiger partial charge in [-0.2, -0.15) is 4.31 Å². The van der Waals surface area contributed by atoms with E-state index in [1.54, 1.807) is 26.0 Å². The maximum Gasteiger partial charge on any atom is 0.261 e. The van der Waals surface area contributed by atoms with Crippen LogP contribution in [0, 0.1) is 13.8 Å². The Morgan fingerprint density at radius 2 is 1.48 bits per heavy atom. The molecular formula is C18H23ClN2O4S2. The second-order valence-corrected chi connectivity index (χ2v) is 10.1. The molecule has 9 heteroatoms. The Morgan fingerprint density at radius 1 is 0.889 bits per heavy atom. The minimum Gasteiger partial charge on any atom is -0.278 e.